The van der Waals surface area contributed by atoms with E-state index in [1.165, 1.54) is 0 Å². The summed E-state index contributed by atoms with van der Waals surface area (Å²) < 4.78 is 11.2. The van der Waals surface area contributed by atoms with Crippen molar-refractivity contribution in [3.8, 4) is 11.5 Å². The minimum atomic E-state index is -0.0838. The fourth-order valence-corrected chi connectivity index (χ4v) is 2.47. The number of amides is 1. The van der Waals surface area contributed by atoms with Crippen LogP contribution in [-0.2, 0) is 13.0 Å². The van der Waals surface area contributed by atoms with Gasteiger partial charge in [0.25, 0.3) is 5.91 Å². The smallest absolute Gasteiger partial charge is 0.251 e. The van der Waals surface area contributed by atoms with Crippen molar-refractivity contribution in [1.29, 1.82) is 0 Å². The maximum absolute atomic E-state index is 12.2. The van der Waals surface area contributed by atoms with Crippen LogP contribution < -0.4 is 20.5 Å². The largest absolute Gasteiger partial charge is 0.490 e. The SMILES string of the molecule is CCOc1ccc(CCNC(=O)c2ccc(CN)cc2)cc1OCC.Cl. The van der Waals surface area contributed by atoms with E-state index in [-0.39, 0.29) is 18.3 Å². The number of benzene rings is 2. The summed E-state index contributed by atoms with van der Waals surface area (Å²) in [5.74, 6) is 1.40. The highest BCUT2D eigenvalue weighted by Crippen LogP contribution is 2.28. The number of hydrogen-bond acceptors (Lipinski definition) is 4. The van der Waals surface area contributed by atoms with Crippen molar-refractivity contribution < 1.29 is 14.3 Å². The third-order valence-electron chi connectivity index (χ3n) is 3.76. The molecule has 6 heteroatoms. The van der Waals surface area contributed by atoms with Gasteiger partial charge in [-0.25, -0.2) is 0 Å². The third-order valence-corrected chi connectivity index (χ3v) is 3.76. The number of nitrogens with two attached hydrogens (primary N) is 1. The van der Waals surface area contributed by atoms with Gasteiger partial charge in [0.15, 0.2) is 11.5 Å². The molecule has 0 aliphatic rings. The normalized spacial score (nSPS) is 9.96. The first-order valence-electron chi connectivity index (χ1n) is 8.63. The van der Waals surface area contributed by atoms with Crippen LogP contribution in [0.1, 0.15) is 35.3 Å². The van der Waals surface area contributed by atoms with Gasteiger partial charge in [-0.3, -0.25) is 4.79 Å². The number of nitrogens with one attached hydrogen (secondary N) is 1. The summed E-state index contributed by atoms with van der Waals surface area (Å²) in [4.78, 5) is 12.2. The molecule has 0 aliphatic heterocycles. The molecule has 0 aromatic heterocycles. The molecule has 3 N–H and O–H groups in total. The Hall–Kier alpha value is -2.24. The van der Waals surface area contributed by atoms with Crippen molar-refractivity contribution in [2.45, 2.75) is 26.8 Å². The predicted octanol–water partition coefficient (Wildman–Crippen LogP) is 3.34. The first kappa shape index (κ1) is 21.8. The zero-order chi connectivity index (χ0) is 18.1. The standard InChI is InChI=1S/C20H26N2O3.ClH/c1-3-24-18-10-7-15(13-19(18)25-4-2)11-12-22-20(23)17-8-5-16(14-21)6-9-17;/h5-10,13H,3-4,11-12,14,21H2,1-2H3,(H,22,23);1H. The van der Waals surface area contributed by atoms with E-state index in [0.29, 0.717) is 31.9 Å². The monoisotopic (exact) mass is 378 g/mol. The van der Waals surface area contributed by atoms with Crippen molar-refractivity contribution in [2.75, 3.05) is 19.8 Å². The van der Waals surface area contributed by atoms with Gasteiger partial charge in [-0.05, 0) is 55.7 Å². The van der Waals surface area contributed by atoms with Gasteiger partial charge in [0.2, 0.25) is 0 Å². The maximum Gasteiger partial charge on any atom is 0.251 e. The highest BCUT2D eigenvalue weighted by atomic mass is 35.5. The molecule has 0 bridgehead atoms. The van der Waals surface area contributed by atoms with Crippen LogP contribution in [0.4, 0.5) is 0 Å². The zero-order valence-electron chi connectivity index (χ0n) is 15.3. The van der Waals surface area contributed by atoms with Gasteiger partial charge in [-0.15, -0.1) is 12.4 Å². The number of halogens is 1. The van der Waals surface area contributed by atoms with Crippen LogP contribution in [0.25, 0.3) is 0 Å². The lowest BCUT2D eigenvalue weighted by Crippen LogP contribution is -2.25. The molecule has 1 amide bonds. The molecule has 0 aliphatic carbocycles. The Morgan fingerprint density at radius 3 is 2.19 bits per heavy atom. The van der Waals surface area contributed by atoms with Gasteiger partial charge in [0, 0.05) is 18.7 Å². The van der Waals surface area contributed by atoms with E-state index < -0.39 is 0 Å². The molecule has 0 saturated carbocycles. The summed E-state index contributed by atoms with van der Waals surface area (Å²) in [5.41, 5.74) is 8.30. The highest BCUT2D eigenvalue weighted by molar-refractivity contribution is 5.94. The molecule has 0 heterocycles. The topological polar surface area (TPSA) is 73.6 Å². The summed E-state index contributed by atoms with van der Waals surface area (Å²) in [6, 6.07) is 13.2. The van der Waals surface area contributed by atoms with Crippen LogP contribution >= 0.6 is 12.4 Å². The third kappa shape index (κ3) is 6.24. The van der Waals surface area contributed by atoms with E-state index in [0.717, 1.165) is 29.0 Å². The van der Waals surface area contributed by atoms with Gasteiger partial charge in [0.1, 0.15) is 0 Å². The average Bonchev–Trinajstić information content (AvgIpc) is 2.64. The van der Waals surface area contributed by atoms with Crippen molar-refractivity contribution in [3.63, 3.8) is 0 Å². The maximum atomic E-state index is 12.2. The summed E-state index contributed by atoms with van der Waals surface area (Å²) in [6.07, 6.45) is 0.721. The van der Waals surface area contributed by atoms with Crippen molar-refractivity contribution in [2.24, 2.45) is 5.73 Å². The molecule has 0 atom stereocenters. The number of carbonyl (C=O) groups is 1. The average molecular weight is 379 g/mol. The van der Waals surface area contributed by atoms with Crippen molar-refractivity contribution in [3.05, 3.63) is 59.2 Å². The summed E-state index contributed by atoms with van der Waals surface area (Å²) in [5, 5.41) is 2.93. The Bertz CT molecular complexity index is 690. The molecule has 2 rings (SSSR count). The summed E-state index contributed by atoms with van der Waals surface area (Å²) in [6.45, 7) is 6.09. The van der Waals surface area contributed by atoms with Gasteiger partial charge in [-0.1, -0.05) is 18.2 Å². The number of ether oxygens (including phenoxy) is 2. The molecule has 2 aromatic carbocycles. The van der Waals surface area contributed by atoms with E-state index in [2.05, 4.69) is 5.32 Å². The Morgan fingerprint density at radius 1 is 0.962 bits per heavy atom. The van der Waals surface area contributed by atoms with Gasteiger partial charge in [0.05, 0.1) is 13.2 Å². The van der Waals surface area contributed by atoms with E-state index in [4.69, 9.17) is 15.2 Å². The Balaban J connectivity index is 0.00000338. The first-order valence-corrected chi connectivity index (χ1v) is 8.63. The molecule has 142 valence electrons. The lowest BCUT2D eigenvalue weighted by atomic mass is 10.1. The minimum Gasteiger partial charge on any atom is -0.490 e. The second-order valence-corrected chi connectivity index (χ2v) is 5.55. The van der Waals surface area contributed by atoms with E-state index in [9.17, 15) is 4.79 Å². The van der Waals surface area contributed by atoms with Gasteiger partial charge < -0.3 is 20.5 Å². The van der Waals surface area contributed by atoms with Gasteiger partial charge in [-0.2, -0.15) is 0 Å². The number of rotatable bonds is 9. The lowest BCUT2D eigenvalue weighted by Gasteiger charge is -2.12. The van der Waals surface area contributed by atoms with E-state index in [1.807, 2.05) is 44.2 Å². The fourth-order valence-electron chi connectivity index (χ4n) is 2.47. The highest BCUT2D eigenvalue weighted by Gasteiger charge is 2.08. The van der Waals surface area contributed by atoms with Crippen LogP contribution in [0.2, 0.25) is 0 Å². The Kier molecular flexibility index (Phi) is 9.55. The molecule has 0 radical (unpaired) electrons. The summed E-state index contributed by atoms with van der Waals surface area (Å²) in [7, 11) is 0. The molecule has 5 nitrogen and oxygen atoms in total. The second kappa shape index (κ2) is 11.4. The van der Waals surface area contributed by atoms with E-state index in [1.54, 1.807) is 12.1 Å². The lowest BCUT2D eigenvalue weighted by molar-refractivity contribution is 0.0954. The van der Waals surface area contributed by atoms with Crippen molar-refractivity contribution >= 4 is 18.3 Å². The summed E-state index contributed by atoms with van der Waals surface area (Å²) >= 11 is 0. The van der Waals surface area contributed by atoms with Gasteiger partial charge >= 0.3 is 0 Å². The Morgan fingerprint density at radius 2 is 1.58 bits per heavy atom. The fraction of sp³-hybridized carbons (Fsp3) is 0.350. The van der Waals surface area contributed by atoms with Crippen molar-refractivity contribution in [1.82, 2.24) is 5.32 Å². The van der Waals surface area contributed by atoms with Crippen LogP contribution in [-0.4, -0.2) is 25.7 Å². The molecule has 0 unspecified atom stereocenters. The van der Waals surface area contributed by atoms with E-state index >= 15 is 0 Å². The first-order chi connectivity index (χ1) is 12.2. The Labute approximate surface area is 161 Å². The molecular formula is C20H27ClN2O3. The van der Waals surface area contributed by atoms with Crippen LogP contribution in [0.3, 0.4) is 0 Å². The second-order valence-electron chi connectivity index (χ2n) is 5.55. The minimum absolute atomic E-state index is 0. The molecular weight excluding hydrogens is 352 g/mol. The predicted molar refractivity (Wildman–Crippen MR) is 106 cm³/mol. The quantitative estimate of drug-likeness (QED) is 0.701. The molecule has 26 heavy (non-hydrogen) atoms. The van der Waals surface area contributed by atoms with Crippen LogP contribution in [0, 0.1) is 0 Å². The zero-order valence-corrected chi connectivity index (χ0v) is 16.1. The number of hydrogen-bond donors (Lipinski definition) is 2. The van der Waals surface area contributed by atoms with Crippen LogP contribution in [0.5, 0.6) is 11.5 Å². The molecule has 0 saturated heterocycles. The molecule has 0 spiro atoms. The van der Waals surface area contributed by atoms with Crippen LogP contribution in [0.15, 0.2) is 42.5 Å². The molecule has 0 fully saturated rings. The molecule has 2 aromatic rings. The number of carbonyl (C=O) groups excluding carboxylic acids is 1.